The molecule has 68 valence electrons. The quantitative estimate of drug-likeness (QED) is 0.682. The van der Waals surface area contributed by atoms with Gasteiger partial charge in [-0.1, -0.05) is 0 Å². The number of hydrogen-bond acceptors (Lipinski definition) is 1. The molecule has 0 radical (unpaired) electrons. The molecule has 0 saturated carbocycles. The van der Waals surface area contributed by atoms with Gasteiger partial charge < -0.3 is 4.57 Å². The Kier molecular flexibility index (Phi) is 2.40. The Labute approximate surface area is 76.9 Å². The molecule has 13 heavy (non-hydrogen) atoms. The summed E-state index contributed by atoms with van der Waals surface area (Å²) in [7, 11) is 0. The van der Waals surface area contributed by atoms with Crippen molar-refractivity contribution in [3.8, 4) is 0 Å². The third kappa shape index (κ3) is 2.18. The molecule has 0 aromatic carbocycles. The molecule has 0 spiro atoms. The Morgan fingerprint density at radius 1 is 1.46 bits per heavy atom. The maximum absolute atomic E-state index is 3.99. The van der Waals surface area contributed by atoms with Gasteiger partial charge in [-0.3, -0.25) is 4.98 Å². The number of hydrogen-bond donors (Lipinski definition) is 1. The van der Waals surface area contributed by atoms with Crippen LogP contribution < -0.4 is 4.57 Å². The molecule has 2 aromatic rings. The second-order valence-corrected chi connectivity index (χ2v) is 3.00. The van der Waals surface area contributed by atoms with Gasteiger partial charge >= 0.3 is 0 Å². The van der Waals surface area contributed by atoms with Gasteiger partial charge in [-0.2, -0.15) is 0 Å². The molecule has 4 nitrogen and oxygen atoms in total. The smallest absolute Gasteiger partial charge is 0.241 e. The number of aromatic nitrogens is 4. The molecule has 0 amide bonds. The third-order valence-corrected chi connectivity index (χ3v) is 1.99. The third-order valence-electron chi connectivity index (χ3n) is 1.99. The second-order valence-electron chi connectivity index (χ2n) is 3.00. The maximum atomic E-state index is 3.99. The van der Waals surface area contributed by atoms with E-state index in [0.29, 0.717) is 0 Å². The fourth-order valence-corrected chi connectivity index (χ4v) is 1.31. The Bertz CT molecular complexity index is 288. The molecule has 4 heteroatoms. The summed E-state index contributed by atoms with van der Waals surface area (Å²) in [5.41, 5.74) is 0. The molecule has 0 aliphatic carbocycles. The van der Waals surface area contributed by atoms with E-state index < -0.39 is 0 Å². The Morgan fingerprint density at radius 3 is 3.15 bits per heavy atom. The summed E-state index contributed by atoms with van der Waals surface area (Å²) in [4.78, 5) is 7.01. The van der Waals surface area contributed by atoms with Gasteiger partial charge in [0.25, 0.3) is 0 Å². The second kappa shape index (κ2) is 3.89. The highest BCUT2D eigenvalue weighted by atomic mass is 15.0. The van der Waals surface area contributed by atoms with E-state index in [2.05, 4.69) is 19.1 Å². The van der Waals surface area contributed by atoms with Gasteiger partial charge in [-0.15, -0.1) is 0 Å². The number of imidazole rings is 2. The summed E-state index contributed by atoms with van der Waals surface area (Å²) >= 11 is 0. The average Bonchev–Trinajstić information content (AvgIpc) is 2.75. The molecule has 0 fully saturated rings. The Morgan fingerprint density at radius 2 is 2.46 bits per heavy atom. The van der Waals surface area contributed by atoms with Crippen molar-refractivity contribution >= 4 is 0 Å². The van der Waals surface area contributed by atoms with E-state index >= 15 is 0 Å². The number of H-pyrrole nitrogens is 1. The van der Waals surface area contributed by atoms with Gasteiger partial charge in [0.15, 0.2) is 0 Å². The van der Waals surface area contributed by atoms with Crippen LogP contribution >= 0.6 is 0 Å². The van der Waals surface area contributed by atoms with Crippen LogP contribution in [-0.2, 0) is 13.1 Å². The topological polar surface area (TPSA) is 37.5 Å². The predicted molar refractivity (Wildman–Crippen MR) is 47.8 cm³/mol. The molecule has 0 aliphatic rings. The summed E-state index contributed by atoms with van der Waals surface area (Å²) in [6.45, 7) is 2.07. The lowest BCUT2D eigenvalue weighted by atomic mass is 10.4. The van der Waals surface area contributed by atoms with Crippen LogP contribution in [0.3, 0.4) is 0 Å². The molecule has 2 aromatic heterocycles. The Hall–Kier alpha value is -1.58. The largest absolute Gasteiger partial charge is 0.337 e. The minimum atomic E-state index is 1.03. The molecule has 2 rings (SSSR count). The van der Waals surface area contributed by atoms with E-state index in [1.807, 2.05) is 37.4 Å². The lowest BCUT2D eigenvalue weighted by Gasteiger charge is -1.98. The molecule has 0 aliphatic heterocycles. The average molecular weight is 177 g/mol. The highest BCUT2D eigenvalue weighted by molar-refractivity contribution is 4.73. The minimum Gasteiger partial charge on any atom is -0.337 e. The van der Waals surface area contributed by atoms with E-state index in [4.69, 9.17) is 0 Å². The first-order valence-corrected chi connectivity index (χ1v) is 4.43. The van der Waals surface area contributed by atoms with Crippen LogP contribution in [0.5, 0.6) is 0 Å². The summed E-state index contributed by atoms with van der Waals surface area (Å²) in [5, 5.41) is 0. The number of aromatic amines is 1. The van der Waals surface area contributed by atoms with Crippen molar-refractivity contribution in [1.29, 1.82) is 0 Å². The highest BCUT2D eigenvalue weighted by Crippen LogP contribution is 1.89. The normalized spacial score (nSPS) is 10.5. The van der Waals surface area contributed by atoms with Crippen molar-refractivity contribution in [2.45, 2.75) is 19.5 Å². The first kappa shape index (κ1) is 8.04. The minimum absolute atomic E-state index is 1.03. The monoisotopic (exact) mass is 177 g/mol. The lowest BCUT2D eigenvalue weighted by molar-refractivity contribution is -0.696. The summed E-state index contributed by atoms with van der Waals surface area (Å²) in [6.07, 6.45) is 12.7. The molecule has 0 atom stereocenters. The van der Waals surface area contributed by atoms with Crippen LogP contribution in [0.4, 0.5) is 0 Å². The van der Waals surface area contributed by atoms with Crippen LogP contribution in [0.25, 0.3) is 0 Å². The summed E-state index contributed by atoms with van der Waals surface area (Å²) in [5.74, 6) is 0. The molecule has 0 unspecified atom stereocenters. The molecule has 1 N–H and O–H groups in total. The van der Waals surface area contributed by atoms with Crippen LogP contribution in [0.1, 0.15) is 6.42 Å². The summed E-state index contributed by atoms with van der Waals surface area (Å²) < 4.78 is 4.23. The van der Waals surface area contributed by atoms with E-state index in [1.165, 1.54) is 0 Å². The fraction of sp³-hybridized carbons (Fsp3) is 0.333. The van der Waals surface area contributed by atoms with Crippen molar-refractivity contribution in [1.82, 2.24) is 14.5 Å². The number of rotatable bonds is 4. The van der Waals surface area contributed by atoms with Gasteiger partial charge in [-0.05, 0) is 0 Å². The van der Waals surface area contributed by atoms with Crippen LogP contribution in [-0.4, -0.2) is 14.5 Å². The lowest BCUT2D eigenvalue weighted by Crippen LogP contribution is -2.30. The van der Waals surface area contributed by atoms with Gasteiger partial charge in [0.2, 0.25) is 6.33 Å². The van der Waals surface area contributed by atoms with Crippen molar-refractivity contribution < 1.29 is 4.57 Å². The van der Waals surface area contributed by atoms with Gasteiger partial charge in [0.05, 0.1) is 12.9 Å². The molecular weight excluding hydrogens is 164 g/mol. The fourth-order valence-electron chi connectivity index (χ4n) is 1.31. The van der Waals surface area contributed by atoms with Crippen molar-refractivity contribution in [2.24, 2.45) is 0 Å². The molecule has 0 saturated heterocycles. The van der Waals surface area contributed by atoms with Crippen LogP contribution in [0.15, 0.2) is 37.4 Å². The van der Waals surface area contributed by atoms with Gasteiger partial charge in [-0.25, -0.2) is 9.55 Å². The van der Waals surface area contributed by atoms with Gasteiger partial charge in [0, 0.05) is 25.4 Å². The first-order chi connectivity index (χ1) is 6.45. The van der Waals surface area contributed by atoms with E-state index in [-0.39, 0.29) is 0 Å². The SMILES string of the molecule is c1cn(CCC[n+]2cc[nH]c2)cn1. The molecular formula is C9H13N4+. The number of nitrogens with one attached hydrogen (secondary N) is 1. The van der Waals surface area contributed by atoms with E-state index in [9.17, 15) is 0 Å². The first-order valence-electron chi connectivity index (χ1n) is 4.43. The number of aryl methyl sites for hydroxylation is 2. The molecule has 0 bridgehead atoms. The summed E-state index contributed by atoms with van der Waals surface area (Å²) in [6, 6.07) is 0. The zero-order valence-corrected chi connectivity index (χ0v) is 7.43. The van der Waals surface area contributed by atoms with Gasteiger partial charge in [0.1, 0.15) is 12.4 Å². The van der Waals surface area contributed by atoms with Crippen molar-refractivity contribution in [2.75, 3.05) is 0 Å². The molecule has 2 heterocycles. The van der Waals surface area contributed by atoms with Crippen LogP contribution in [0.2, 0.25) is 0 Å². The standard InChI is InChI=1S/C9H12N4/c1(4-12-6-2-10-8-12)5-13-7-3-11-9-13/h2-3,6-9H,1,4-5H2/p+1. The van der Waals surface area contributed by atoms with E-state index in [0.717, 1.165) is 19.5 Å². The maximum Gasteiger partial charge on any atom is 0.241 e. The number of nitrogens with zero attached hydrogens (tertiary/aromatic N) is 3. The highest BCUT2D eigenvalue weighted by Gasteiger charge is 1.96. The zero-order valence-electron chi connectivity index (χ0n) is 7.43. The Balaban J connectivity index is 1.76. The van der Waals surface area contributed by atoms with Crippen molar-refractivity contribution in [3.63, 3.8) is 0 Å². The van der Waals surface area contributed by atoms with E-state index in [1.54, 1.807) is 0 Å². The zero-order chi connectivity index (χ0) is 8.93. The van der Waals surface area contributed by atoms with Crippen LogP contribution in [0, 0.1) is 0 Å². The predicted octanol–water partition coefficient (Wildman–Crippen LogP) is 0.589. The van der Waals surface area contributed by atoms with Crippen molar-refractivity contribution in [3.05, 3.63) is 37.4 Å².